The largest absolute Gasteiger partial charge is 0.465 e. The normalized spacial score (nSPS) is 23.6. The van der Waals surface area contributed by atoms with Crippen molar-refractivity contribution in [2.24, 2.45) is 0 Å². The van der Waals surface area contributed by atoms with Crippen molar-refractivity contribution in [2.75, 3.05) is 13.2 Å². The Kier molecular flexibility index (Phi) is 6.19. The van der Waals surface area contributed by atoms with E-state index < -0.39 is 10.8 Å². The zero-order valence-corrected chi connectivity index (χ0v) is 15.5. The van der Waals surface area contributed by atoms with E-state index in [2.05, 4.69) is 13.2 Å². The number of carbonyl (C=O) groups is 2. The first-order valence-corrected chi connectivity index (χ1v) is 8.89. The minimum absolute atomic E-state index is 0.281. The van der Waals surface area contributed by atoms with Gasteiger partial charge in [-0.1, -0.05) is 48.6 Å². The van der Waals surface area contributed by atoms with Crippen LogP contribution in [0, 0.1) is 0 Å². The highest BCUT2D eigenvalue weighted by molar-refractivity contribution is 5.93. The van der Waals surface area contributed by atoms with Gasteiger partial charge >= 0.3 is 11.9 Å². The number of allylic oxidation sites excluding steroid dienone is 2. The van der Waals surface area contributed by atoms with Crippen LogP contribution in [0.25, 0.3) is 0 Å². The van der Waals surface area contributed by atoms with Gasteiger partial charge < -0.3 is 9.47 Å². The molecule has 0 amide bonds. The number of rotatable bonds is 8. The number of ether oxygens (including phenoxy) is 2. The van der Waals surface area contributed by atoms with Crippen LogP contribution in [0.4, 0.5) is 0 Å². The molecule has 2 atom stereocenters. The number of hydrogen-bond donors (Lipinski definition) is 0. The lowest BCUT2D eigenvalue weighted by atomic mass is 9.62. The third-order valence-electron chi connectivity index (χ3n) is 4.75. The first-order chi connectivity index (χ1) is 12.5. The molecule has 0 heterocycles. The van der Waals surface area contributed by atoms with Crippen molar-refractivity contribution in [2.45, 2.75) is 37.5 Å². The third-order valence-corrected chi connectivity index (χ3v) is 4.75. The summed E-state index contributed by atoms with van der Waals surface area (Å²) in [5, 5.41) is 0. The topological polar surface area (TPSA) is 52.6 Å². The lowest BCUT2D eigenvalue weighted by Crippen LogP contribution is -2.46. The third kappa shape index (κ3) is 3.12. The maximum atomic E-state index is 12.9. The van der Waals surface area contributed by atoms with Gasteiger partial charge in [0.2, 0.25) is 0 Å². The molecule has 138 valence electrons. The van der Waals surface area contributed by atoms with Gasteiger partial charge in [-0.3, -0.25) is 9.59 Å². The molecule has 2 rings (SSSR count). The quantitative estimate of drug-likeness (QED) is 0.523. The highest BCUT2D eigenvalue weighted by atomic mass is 16.5. The molecular formula is C22H26O4. The van der Waals surface area contributed by atoms with Crippen molar-refractivity contribution in [1.82, 2.24) is 0 Å². The van der Waals surface area contributed by atoms with Crippen LogP contribution in [0.1, 0.15) is 37.8 Å². The molecule has 0 unspecified atom stereocenters. The van der Waals surface area contributed by atoms with Gasteiger partial charge in [-0.25, -0.2) is 0 Å². The number of benzene rings is 1. The maximum Gasteiger partial charge on any atom is 0.320 e. The van der Waals surface area contributed by atoms with Gasteiger partial charge in [0.05, 0.1) is 13.2 Å². The summed E-state index contributed by atoms with van der Waals surface area (Å²) in [4.78, 5) is 25.8. The smallest absolute Gasteiger partial charge is 0.320 e. The number of fused-ring (bicyclic) bond motifs is 1. The van der Waals surface area contributed by atoms with E-state index in [0.29, 0.717) is 12.8 Å². The van der Waals surface area contributed by atoms with Crippen LogP contribution >= 0.6 is 0 Å². The van der Waals surface area contributed by atoms with Crippen molar-refractivity contribution in [3.05, 3.63) is 72.9 Å². The highest BCUT2D eigenvalue weighted by Gasteiger charge is 2.50. The highest BCUT2D eigenvalue weighted by Crippen LogP contribution is 2.46. The molecule has 1 aromatic carbocycles. The average molecular weight is 354 g/mol. The molecule has 1 aromatic rings. The van der Waals surface area contributed by atoms with Gasteiger partial charge in [-0.15, -0.1) is 13.2 Å². The Morgan fingerprint density at radius 1 is 0.885 bits per heavy atom. The monoisotopic (exact) mass is 354 g/mol. The molecular weight excluding hydrogens is 328 g/mol. The average Bonchev–Trinajstić information content (AvgIpc) is 2.64. The number of esters is 2. The van der Waals surface area contributed by atoms with E-state index in [1.165, 1.54) is 0 Å². The van der Waals surface area contributed by atoms with Crippen LogP contribution in [-0.2, 0) is 29.9 Å². The molecule has 0 spiro atoms. The van der Waals surface area contributed by atoms with Gasteiger partial charge in [0.15, 0.2) is 0 Å². The summed E-state index contributed by atoms with van der Waals surface area (Å²) in [7, 11) is 0. The van der Waals surface area contributed by atoms with Crippen molar-refractivity contribution in [3.8, 4) is 0 Å². The molecule has 26 heavy (non-hydrogen) atoms. The van der Waals surface area contributed by atoms with Crippen LogP contribution in [0.15, 0.2) is 61.7 Å². The second-order valence-electron chi connectivity index (χ2n) is 6.25. The van der Waals surface area contributed by atoms with Crippen LogP contribution in [0.2, 0.25) is 0 Å². The Morgan fingerprint density at radius 3 is 1.58 bits per heavy atom. The Hall–Kier alpha value is -2.62. The van der Waals surface area contributed by atoms with Gasteiger partial charge in [0.1, 0.15) is 10.8 Å². The SMILES string of the molecule is C=CC[C@@]1(C(=O)OCC)C=C[C@@](CC=C)(C(=O)OCC)c2ccccc21. The summed E-state index contributed by atoms with van der Waals surface area (Å²) in [5.41, 5.74) is -0.497. The van der Waals surface area contributed by atoms with Crippen molar-refractivity contribution in [1.29, 1.82) is 0 Å². The van der Waals surface area contributed by atoms with Crippen LogP contribution < -0.4 is 0 Å². The van der Waals surface area contributed by atoms with Crippen LogP contribution in [-0.4, -0.2) is 25.2 Å². The molecule has 0 aliphatic heterocycles. The van der Waals surface area contributed by atoms with Gasteiger partial charge in [0.25, 0.3) is 0 Å². The zero-order valence-electron chi connectivity index (χ0n) is 15.5. The summed E-state index contributed by atoms with van der Waals surface area (Å²) in [6, 6.07) is 7.46. The Bertz CT molecular complexity index is 672. The van der Waals surface area contributed by atoms with E-state index in [4.69, 9.17) is 9.47 Å². The molecule has 4 nitrogen and oxygen atoms in total. The fourth-order valence-electron chi connectivity index (χ4n) is 3.58. The molecule has 1 aliphatic carbocycles. The van der Waals surface area contributed by atoms with E-state index >= 15 is 0 Å². The summed E-state index contributed by atoms with van der Waals surface area (Å²) in [6.07, 6.45) is 7.70. The first-order valence-electron chi connectivity index (χ1n) is 8.89. The van der Waals surface area contributed by atoms with Crippen molar-refractivity contribution < 1.29 is 19.1 Å². The fraction of sp³-hybridized carbons (Fsp3) is 0.364. The minimum atomic E-state index is -0.995. The Morgan fingerprint density at radius 2 is 1.27 bits per heavy atom. The van der Waals surface area contributed by atoms with Crippen LogP contribution in [0.3, 0.4) is 0 Å². The maximum absolute atomic E-state index is 12.9. The summed E-state index contributed by atoms with van der Waals surface area (Å²) in [6.45, 7) is 11.7. The molecule has 4 heteroatoms. The van der Waals surface area contributed by atoms with Crippen molar-refractivity contribution >= 4 is 11.9 Å². The molecule has 0 bridgehead atoms. The summed E-state index contributed by atoms with van der Waals surface area (Å²) in [5.74, 6) is -0.695. The summed E-state index contributed by atoms with van der Waals surface area (Å²) >= 11 is 0. The molecule has 0 saturated carbocycles. The number of carbonyl (C=O) groups excluding carboxylic acids is 2. The predicted octanol–water partition coefficient (Wildman–Crippen LogP) is 4.01. The molecule has 0 N–H and O–H groups in total. The lowest BCUT2D eigenvalue weighted by molar-refractivity contribution is -0.150. The van der Waals surface area contributed by atoms with E-state index in [1.807, 2.05) is 24.3 Å². The van der Waals surface area contributed by atoms with E-state index in [9.17, 15) is 9.59 Å². The Balaban J connectivity index is 2.74. The van der Waals surface area contributed by atoms with Gasteiger partial charge in [-0.05, 0) is 37.8 Å². The molecule has 0 radical (unpaired) electrons. The van der Waals surface area contributed by atoms with Crippen LogP contribution in [0.5, 0.6) is 0 Å². The molecule has 0 aromatic heterocycles. The van der Waals surface area contributed by atoms with E-state index in [0.717, 1.165) is 11.1 Å². The van der Waals surface area contributed by atoms with E-state index in [-0.39, 0.29) is 25.2 Å². The standard InChI is InChI=1S/C22H26O4/c1-5-13-21(19(23)25-7-3)15-16-22(14-6-2,20(24)26-8-4)18-12-10-9-11-17(18)21/h5-6,9-12,15-16H,1-2,7-8,13-14H2,3-4H3/t21-,22-/m1/s1. The number of hydrogen-bond acceptors (Lipinski definition) is 4. The summed E-state index contributed by atoms with van der Waals surface area (Å²) < 4.78 is 10.7. The van der Waals surface area contributed by atoms with E-state index in [1.54, 1.807) is 38.2 Å². The first kappa shape index (κ1) is 19.7. The van der Waals surface area contributed by atoms with Crippen molar-refractivity contribution in [3.63, 3.8) is 0 Å². The van der Waals surface area contributed by atoms with Gasteiger partial charge in [-0.2, -0.15) is 0 Å². The Labute approximate surface area is 155 Å². The predicted molar refractivity (Wildman–Crippen MR) is 102 cm³/mol. The lowest BCUT2D eigenvalue weighted by Gasteiger charge is -2.40. The zero-order chi connectivity index (χ0) is 19.2. The fourth-order valence-corrected chi connectivity index (χ4v) is 3.58. The molecule has 0 saturated heterocycles. The van der Waals surface area contributed by atoms with Gasteiger partial charge in [0, 0.05) is 0 Å². The minimum Gasteiger partial charge on any atom is -0.465 e. The second-order valence-corrected chi connectivity index (χ2v) is 6.25. The molecule has 0 fully saturated rings. The second kappa shape index (κ2) is 8.17. The molecule has 1 aliphatic rings.